The number of carboxylic acid groups (broad SMARTS) is 1. The first-order valence-electron chi connectivity index (χ1n) is 14.8. The molecule has 0 saturated heterocycles. The van der Waals surface area contributed by atoms with Gasteiger partial charge in [0.05, 0.1) is 0 Å². The van der Waals surface area contributed by atoms with Crippen molar-refractivity contribution < 1.29 is 33.8 Å². The van der Waals surface area contributed by atoms with E-state index in [1.54, 1.807) is 40.8 Å². The normalized spacial score (nSPS) is 13.8. The molecule has 0 saturated carbocycles. The van der Waals surface area contributed by atoms with Crippen LogP contribution in [0.25, 0.3) is 0 Å². The summed E-state index contributed by atoms with van der Waals surface area (Å²) in [7, 11) is 3.10. The lowest BCUT2D eigenvalue weighted by atomic mass is 9.76. The first-order valence-corrected chi connectivity index (χ1v) is 14.8. The molecule has 0 bridgehead atoms. The van der Waals surface area contributed by atoms with E-state index in [2.05, 4.69) is 10.6 Å². The maximum atomic E-state index is 14.1. The molecule has 0 aromatic heterocycles. The van der Waals surface area contributed by atoms with E-state index in [9.17, 15) is 24.0 Å². The predicted molar refractivity (Wildman–Crippen MR) is 170 cm³/mol. The molecule has 44 heavy (non-hydrogen) atoms. The fraction of sp³-hybridized carbons (Fsp3) is 0.606. The monoisotopic (exact) mass is 616 g/mol. The molecule has 246 valence electrons. The minimum Gasteiger partial charge on any atom is -0.481 e. The van der Waals surface area contributed by atoms with Crippen LogP contribution >= 0.6 is 0 Å². The molecular formula is C33H52N4O7. The van der Waals surface area contributed by atoms with Crippen LogP contribution in [-0.4, -0.2) is 89.6 Å². The van der Waals surface area contributed by atoms with E-state index in [1.807, 2.05) is 65.0 Å². The Bertz CT molecular complexity index is 1200. The molecule has 1 aromatic carbocycles. The minimum absolute atomic E-state index is 0.0445. The van der Waals surface area contributed by atoms with E-state index < -0.39 is 46.5 Å². The molecule has 11 nitrogen and oxygen atoms in total. The number of rotatable bonds is 13. The van der Waals surface area contributed by atoms with Crippen LogP contribution in [0.15, 0.2) is 42.0 Å². The number of ether oxygens (including phenoxy) is 1. The van der Waals surface area contributed by atoms with Crippen molar-refractivity contribution in [3.05, 3.63) is 47.5 Å². The lowest BCUT2D eigenvalue weighted by Gasteiger charge is -2.42. The van der Waals surface area contributed by atoms with Gasteiger partial charge in [0.2, 0.25) is 17.7 Å². The van der Waals surface area contributed by atoms with Crippen molar-refractivity contribution in [1.82, 2.24) is 20.4 Å². The van der Waals surface area contributed by atoms with Crippen LogP contribution in [0.1, 0.15) is 80.7 Å². The summed E-state index contributed by atoms with van der Waals surface area (Å²) in [6.45, 7) is 16.4. The Balaban J connectivity index is 3.26. The quantitative estimate of drug-likeness (QED) is 0.223. The highest BCUT2D eigenvalue weighted by Gasteiger charge is 2.45. The van der Waals surface area contributed by atoms with Crippen LogP contribution in [0, 0.1) is 5.41 Å². The fourth-order valence-electron chi connectivity index (χ4n) is 4.58. The van der Waals surface area contributed by atoms with Crippen molar-refractivity contribution >= 4 is 29.8 Å². The van der Waals surface area contributed by atoms with Gasteiger partial charge in [-0.25, -0.2) is 4.79 Å². The smallest absolute Gasteiger partial charge is 0.410 e. The molecule has 0 aliphatic rings. The third kappa shape index (κ3) is 11.7. The highest BCUT2D eigenvalue weighted by molar-refractivity contribution is 5.94. The molecule has 0 aliphatic heterocycles. The number of hydrogen-bond acceptors (Lipinski definition) is 6. The number of nitrogens with one attached hydrogen (secondary N) is 2. The Morgan fingerprint density at radius 2 is 1.52 bits per heavy atom. The minimum atomic E-state index is -1.03. The van der Waals surface area contributed by atoms with Crippen LogP contribution in [0.3, 0.4) is 0 Å². The number of carbonyl (C=O) groups is 5. The van der Waals surface area contributed by atoms with Crippen molar-refractivity contribution in [3.8, 4) is 0 Å². The third-order valence-corrected chi connectivity index (χ3v) is 7.18. The Hall–Kier alpha value is -3.89. The average Bonchev–Trinajstić information content (AvgIpc) is 2.90. The fourth-order valence-corrected chi connectivity index (χ4v) is 4.58. The first-order chi connectivity index (χ1) is 20.1. The van der Waals surface area contributed by atoms with Gasteiger partial charge in [-0.15, -0.1) is 0 Å². The Labute approximate surface area is 262 Å². The van der Waals surface area contributed by atoms with Crippen molar-refractivity contribution in [2.24, 2.45) is 5.41 Å². The molecule has 1 rings (SSSR count). The summed E-state index contributed by atoms with van der Waals surface area (Å²) in [5.74, 6) is -2.17. The number of nitrogens with zero attached hydrogens (tertiary/aromatic N) is 2. The zero-order valence-corrected chi connectivity index (χ0v) is 28.2. The highest BCUT2D eigenvalue weighted by Crippen LogP contribution is 2.32. The maximum Gasteiger partial charge on any atom is 0.410 e. The SMILES string of the molecule is C/C(=C\CN(C)C(=O)C(NC(=O)[C@@H](N(C)C(=O)OC(C)(C)C)C(C)(C)c1ccccc1)C(C)(C)C)C(=O)NCCCC(=O)O. The lowest BCUT2D eigenvalue weighted by Crippen LogP contribution is -2.62. The Morgan fingerprint density at radius 3 is 2.02 bits per heavy atom. The molecule has 0 aliphatic carbocycles. The molecule has 0 spiro atoms. The van der Waals surface area contributed by atoms with E-state index in [0.717, 1.165) is 5.56 Å². The molecule has 2 atom stereocenters. The average molecular weight is 617 g/mol. The molecule has 1 aromatic rings. The van der Waals surface area contributed by atoms with Gasteiger partial charge in [0.25, 0.3) is 0 Å². The number of benzene rings is 1. The van der Waals surface area contributed by atoms with Gasteiger partial charge in [0, 0.05) is 44.6 Å². The van der Waals surface area contributed by atoms with Gasteiger partial charge in [-0.1, -0.05) is 71.0 Å². The number of carbonyl (C=O) groups excluding carboxylic acids is 4. The number of aliphatic carboxylic acids is 1. The molecule has 0 fully saturated rings. The second kappa shape index (κ2) is 15.7. The summed E-state index contributed by atoms with van der Waals surface area (Å²) in [5.41, 5.74) is -1.15. The maximum absolute atomic E-state index is 14.1. The zero-order chi connectivity index (χ0) is 34.0. The van der Waals surface area contributed by atoms with Crippen molar-refractivity contribution in [3.63, 3.8) is 0 Å². The van der Waals surface area contributed by atoms with Crippen molar-refractivity contribution in [2.75, 3.05) is 27.2 Å². The van der Waals surface area contributed by atoms with Crippen LogP contribution < -0.4 is 10.6 Å². The molecule has 0 radical (unpaired) electrons. The van der Waals surface area contributed by atoms with Gasteiger partial charge >= 0.3 is 12.1 Å². The lowest BCUT2D eigenvalue weighted by molar-refractivity contribution is -0.140. The summed E-state index contributed by atoms with van der Waals surface area (Å²) in [5, 5.41) is 14.3. The van der Waals surface area contributed by atoms with Gasteiger partial charge in [0.15, 0.2) is 0 Å². The van der Waals surface area contributed by atoms with Crippen LogP contribution in [0.5, 0.6) is 0 Å². The summed E-state index contributed by atoms with van der Waals surface area (Å²) >= 11 is 0. The summed E-state index contributed by atoms with van der Waals surface area (Å²) in [6, 6.07) is 7.38. The second-order valence-corrected chi connectivity index (χ2v) is 13.7. The standard InChI is InChI=1S/C33H52N4O7/c1-22(27(40)34-20-15-18-24(38)39)19-21-36(10)29(42)25(31(2,3)4)35-28(41)26(37(11)30(43)44-32(5,6)7)33(8,9)23-16-13-12-14-17-23/h12-14,16-17,19,25-26H,15,18,20-21H2,1-11H3,(H,34,40)(H,35,41)(H,38,39)/b22-19+/t25?,26-/m1/s1. The molecular weight excluding hydrogens is 564 g/mol. The van der Waals surface area contributed by atoms with E-state index in [-0.39, 0.29) is 31.3 Å². The number of carboxylic acids is 1. The van der Waals surface area contributed by atoms with E-state index in [4.69, 9.17) is 9.84 Å². The summed E-state index contributed by atoms with van der Waals surface area (Å²) in [6.07, 6.45) is 1.20. The predicted octanol–water partition coefficient (Wildman–Crippen LogP) is 4.12. The van der Waals surface area contributed by atoms with E-state index >= 15 is 0 Å². The molecule has 11 heteroatoms. The number of hydrogen-bond donors (Lipinski definition) is 3. The summed E-state index contributed by atoms with van der Waals surface area (Å²) < 4.78 is 5.60. The van der Waals surface area contributed by atoms with Crippen LogP contribution in [0.4, 0.5) is 4.79 Å². The van der Waals surface area contributed by atoms with Gasteiger partial charge in [0.1, 0.15) is 17.7 Å². The third-order valence-electron chi connectivity index (χ3n) is 7.18. The summed E-state index contributed by atoms with van der Waals surface area (Å²) in [4.78, 5) is 66.8. The highest BCUT2D eigenvalue weighted by atomic mass is 16.6. The van der Waals surface area contributed by atoms with Gasteiger partial charge in [-0.05, 0) is 45.1 Å². The Kier molecular flexibility index (Phi) is 13.6. The van der Waals surface area contributed by atoms with Gasteiger partial charge in [-0.2, -0.15) is 0 Å². The van der Waals surface area contributed by atoms with Gasteiger partial charge in [-0.3, -0.25) is 24.1 Å². The molecule has 4 amide bonds. The van der Waals surface area contributed by atoms with Crippen molar-refractivity contribution in [1.29, 1.82) is 0 Å². The molecule has 0 heterocycles. The topological polar surface area (TPSA) is 145 Å². The van der Waals surface area contributed by atoms with E-state index in [1.165, 1.54) is 16.8 Å². The van der Waals surface area contributed by atoms with Crippen molar-refractivity contribution in [2.45, 2.75) is 98.3 Å². The van der Waals surface area contributed by atoms with Gasteiger partial charge < -0.3 is 25.4 Å². The molecule has 1 unspecified atom stereocenters. The largest absolute Gasteiger partial charge is 0.481 e. The molecule has 3 N–H and O–H groups in total. The Morgan fingerprint density at radius 1 is 0.955 bits per heavy atom. The van der Waals surface area contributed by atoms with Crippen LogP contribution in [0.2, 0.25) is 0 Å². The van der Waals surface area contributed by atoms with E-state index in [0.29, 0.717) is 12.0 Å². The zero-order valence-electron chi connectivity index (χ0n) is 28.2. The van der Waals surface area contributed by atoms with Crippen LogP contribution in [-0.2, 0) is 29.3 Å². The first kappa shape index (κ1) is 38.1. The number of amides is 4. The number of likely N-dealkylation sites (N-methyl/N-ethyl adjacent to an activating group) is 2. The second-order valence-electron chi connectivity index (χ2n) is 13.7.